The van der Waals surface area contributed by atoms with Crippen LogP contribution in [0.5, 0.6) is 0 Å². The van der Waals surface area contributed by atoms with Crippen LogP contribution in [0.4, 0.5) is 0 Å². The van der Waals surface area contributed by atoms with Crippen LogP contribution in [0, 0.1) is 13.8 Å². The van der Waals surface area contributed by atoms with Crippen LogP contribution in [0.15, 0.2) is 28.5 Å². The second-order valence-corrected chi connectivity index (χ2v) is 7.21. The minimum Gasteiger partial charge on any atom is -0.358 e. The van der Waals surface area contributed by atoms with Crippen LogP contribution in [-0.4, -0.2) is 10.7 Å². The Hall–Kier alpha value is -1.83. The topological polar surface area (TPSA) is 29.8 Å². The molecule has 0 amide bonds. The van der Waals surface area contributed by atoms with E-state index in [1.165, 1.54) is 75.5 Å². The molecule has 1 aromatic rings. The Morgan fingerprint density at radius 3 is 2.38 bits per heavy atom. The number of rotatable bonds is 3. The monoisotopic (exact) mass is 323 g/mol. The Kier molecular flexibility index (Phi) is 4.67. The van der Waals surface area contributed by atoms with Crippen LogP contribution in [0.3, 0.4) is 0 Å². The molecule has 0 saturated carbocycles. The van der Waals surface area contributed by atoms with E-state index in [9.17, 15) is 0 Å². The van der Waals surface area contributed by atoms with E-state index < -0.39 is 0 Å². The van der Waals surface area contributed by atoms with Gasteiger partial charge in [0.25, 0.3) is 0 Å². The molecule has 2 aliphatic rings. The van der Waals surface area contributed by atoms with E-state index in [-0.39, 0.29) is 0 Å². The Bertz CT molecular complexity index is 794. The number of nitrogens with one attached hydrogen (secondary N) is 2. The number of aromatic nitrogens is 1. The number of H-pyrrole nitrogens is 1. The van der Waals surface area contributed by atoms with Crippen LogP contribution in [0.2, 0.25) is 0 Å². The van der Waals surface area contributed by atoms with E-state index in [0.29, 0.717) is 0 Å². The second-order valence-electron chi connectivity index (χ2n) is 7.21. The van der Waals surface area contributed by atoms with E-state index in [2.05, 4.69) is 57.6 Å². The molecule has 0 aromatic carbocycles. The van der Waals surface area contributed by atoms with Crippen molar-refractivity contribution >= 4 is 11.3 Å². The lowest BCUT2D eigenvalue weighted by Crippen LogP contribution is -2.68. The molecular weight excluding hydrogens is 292 g/mol. The zero-order chi connectivity index (χ0) is 17.4. The summed E-state index contributed by atoms with van der Waals surface area (Å²) in [4.78, 5) is 7.31. The van der Waals surface area contributed by atoms with E-state index in [4.69, 9.17) is 0 Å². The third-order valence-electron chi connectivity index (χ3n) is 5.78. The van der Waals surface area contributed by atoms with Crippen LogP contribution >= 0.6 is 0 Å². The van der Waals surface area contributed by atoms with Gasteiger partial charge in [0.1, 0.15) is 0 Å². The molecule has 0 bridgehead atoms. The SMILES string of the molecule is CCC1=C(C)C(=C2C=C(c3[nH]c(C)c(CC)c3C)CCC2)[NH+]=C1C. The molecule has 0 fully saturated rings. The molecule has 1 aliphatic carbocycles. The third kappa shape index (κ3) is 2.72. The summed E-state index contributed by atoms with van der Waals surface area (Å²) in [5.41, 5.74) is 14.2. The van der Waals surface area contributed by atoms with Gasteiger partial charge in [0, 0.05) is 35.0 Å². The maximum atomic E-state index is 3.66. The smallest absolute Gasteiger partial charge is 0.210 e. The van der Waals surface area contributed by atoms with Crippen molar-refractivity contribution in [3.63, 3.8) is 0 Å². The summed E-state index contributed by atoms with van der Waals surface area (Å²) < 4.78 is 0. The van der Waals surface area contributed by atoms with Gasteiger partial charge in [-0.15, -0.1) is 0 Å². The summed E-state index contributed by atoms with van der Waals surface area (Å²) in [6.07, 6.45) is 8.23. The van der Waals surface area contributed by atoms with Crippen molar-refractivity contribution < 1.29 is 4.99 Å². The van der Waals surface area contributed by atoms with Crippen LogP contribution in [0.25, 0.3) is 5.57 Å². The van der Waals surface area contributed by atoms with Gasteiger partial charge in [0.2, 0.25) is 5.70 Å². The molecule has 3 rings (SSSR count). The first-order valence-corrected chi connectivity index (χ1v) is 9.41. The lowest BCUT2D eigenvalue weighted by atomic mass is 9.89. The van der Waals surface area contributed by atoms with Crippen molar-refractivity contribution in [2.45, 2.75) is 73.6 Å². The first-order valence-electron chi connectivity index (χ1n) is 9.41. The zero-order valence-corrected chi connectivity index (χ0v) is 16.1. The maximum Gasteiger partial charge on any atom is 0.210 e. The van der Waals surface area contributed by atoms with Crippen LogP contribution in [0.1, 0.15) is 75.9 Å². The average molecular weight is 324 g/mol. The fraction of sp³-hybridized carbons (Fsp3) is 0.500. The van der Waals surface area contributed by atoms with Crippen molar-refractivity contribution in [2.75, 3.05) is 0 Å². The molecule has 0 spiro atoms. The third-order valence-corrected chi connectivity index (χ3v) is 5.78. The first kappa shape index (κ1) is 17.0. The highest BCUT2D eigenvalue weighted by Crippen LogP contribution is 2.35. The van der Waals surface area contributed by atoms with Gasteiger partial charge in [-0.25, -0.2) is 4.99 Å². The van der Waals surface area contributed by atoms with Gasteiger partial charge in [-0.3, -0.25) is 0 Å². The fourth-order valence-electron chi connectivity index (χ4n) is 4.50. The van der Waals surface area contributed by atoms with Gasteiger partial charge in [0.05, 0.1) is 0 Å². The van der Waals surface area contributed by atoms with Gasteiger partial charge in [-0.2, -0.15) is 0 Å². The highest BCUT2D eigenvalue weighted by molar-refractivity contribution is 5.97. The van der Waals surface area contributed by atoms with Crippen LogP contribution in [-0.2, 0) is 6.42 Å². The molecule has 1 aromatic heterocycles. The van der Waals surface area contributed by atoms with Gasteiger partial charge in [-0.1, -0.05) is 13.8 Å². The Labute approximate surface area is 146 Å². The number of hydrogen-bond acceptors (Lipinski definition) is 0. The highest BCUT2D eigenvalue weighted by atomic mass is 14.8. The van der Waals surface area contributed by atoms with Crippen molar-refractivity contribution in [2.24, 2.45) is 0 Å². The summed E-state index contributed by atoms with van der Waals surface area (Å²) in [6, 6.07) is 0. The fourth-order valence-corrected chi connectivity index (χ4v) is 4.50. The zero-order valence-electron chi connectivity index (χ0n) is 16.1. The molecule has 2 nitrogen and oxygen atoms in total. The molecule has 0 atom stereocenters. The molecule has 24 heavy (non-hydrogen) atoms. The molecular formula is C22H31N2+. The van der Waals surface area contributed by atoms with Crippen molar-refractivity contribution in [1.29, 1.82) is 0 Å². The molecule has 0 radical (unpaired) electrons. The summed E-state index contributed by atoms with van der Waals surface area (Å²) in [5, 5.41) is 0. The Morgan fingerprint density at radius 2 is 1.79 bits per heavy atom. The first-order chi connectivity index (χ1) is 11.5. The average Bonchev–Trinajstić information content (AvgIpc) is 3.03. The normalized spacial score (nSPS) is 21.4. The Morgan fingerprint density at radius 1 is 1.04 bits per heavy atom. The summed E-state index contributed by atoms with van der Waals surface area (Å²) >= 11 is 0. The maximum absolute atomic E-state index is 3.66. The predicted octanol–water partition coefficient (Wildman–Crippen LogP) is 4.30. The van der Waals surface area contributed by atoms with E-state index in [0.717, 1.165) is 12.8 Å². The number of allylic oxidation sites excluding steroid dienone is 5. The molecule has 0 saturated heterocycles. The number of aromatic amines is 1. The molecule has 2 N–H and O–H groups in total. The molecule has 0 unspecified atom stereocenters. The largest absolute Gasteiger partial charge is 0.358 e. The van der Waals surface area contributed by atoms with E-state index in [1.807, 2.05) is 0 Å². The van der Waals surface area contributed by atoms with E-state index in [1.54, 1.807) is 0 Å². The second kappa shape index (κ2) is 6.58. The minimum atomic E-state index is 1.10. The standard InChI is InChI=1S/C22H30N2/c1-7-19-13(3)21(23-15(19)5)17-10-9-11-18(12-17)22-14(4)20(8-2)16(6)24-22/h12,23H,7-11H2,1-6H3/p+1. The summed E-state index contributed by atoms with van der Waals surface area (Å²) in [5.74, 6) is 0. The highest BCUT2D eigenvalue weighted by Gasteiger charge is 2.27. The molecule has 1 aliphatic heterocycles. The minimum absolute atomic E-state index is 1.10. The number of hydrogen-bond donors (Lipinski definition) is 2. The lowest BCUT2D eigenvalue weighted by molar-refractivity contribution is -0.389. The Balaban J connectivity index is 2.08. The number of aryl methyl sites for hydroxylation is 1. The van der Waals surface area contributed by atoms with Gasteiger partial charge in [0.15, 0.2) is 5.71 Å². The van der Waals surface area contributed by atoms with Gasteiger partial charge < -0.3 is 4.98 Å². The molecule has 2 heterocycles. The summed E-state index contributed by atoms with van der Waals surface area (Å²) in [7, 11) is 0. The van der Waals surface area contributed by atoms with Crippen molar-refractivity contribution in [1.82, 2.24) is 4.98 Å². The van der Waals surface area contributed by atoms with E-state index >= 15 is 0 Å². The summed E-state index contributed by atoms with van der Waals surface area (Å²) in [6.45, 7) is 13.4. The van der Waals surface area contributed by atoms with Gasteiger partial charge >= 0.3 is 0 Å². The lowest BCUT2D eigenvalue weighted by Gasteiger charge is -2.15. The molecule has 128 valence electrons. The van der Waals surface area contributed by atoms with Crippen molar-refractivity contribution in [3.05, 3.63) is 51.0 Å². The predicted molar refractivity (Wildman–Crippen MR) is 103 cm³/mol. The quantitative estimate of drug-likeness (QED) is 0.831. The van der Waals surface area contributed by atoms with Crippen LogP contribution < -0.4 is 4.99 Å². The van der Waals surface area contributed by atoms with Crippen molar-refractivity contribution in [3.8, 4) is 0 Å². The van der Waals surface area contributed by atoms with Gasteiger partial charge in [-0.05, 0) is 75.7 Å². The molecule has 2 heteroatoms.